The highest BCUT2D eigenvalue weighted by atomic mass is 35.5. The largest absolute Gasteiger partial charge is 0.494 e. The van der Waals surface area contributed by atoms with Crippen LogP contribution in [0.5, 0.6) is 5.75 Å². The van der Waals surface area contributed by atoms with Crippen molar-refractivity contribution in [2.24, 2.45) is 0 Å². The Morgan fingerprint density at radius 3 is 2.45 bits per heavy atom. The van der Waals surface area contributed by atoms with E-state index in [1.807, 2.05) is 0 Å². The molecule has 0 aliphatic heterocycles. The predicted molar refractivity (Wildman–Crippen MR) is 103 cm³/mol. The third kappa shape index (κ3) is 3.73. The highest BCUT2D eigenvalue weighted by molar-refractivity contribution is 7.90. The van der Waals surface area contributed by atoms with Crippen molar-refractivity contribution in [1.29, 1.82) is 0 Å². The van der Waals surface area contributed by atoms with E-state index in [-0.39, 0.29) is 22.2 Å². The molecule has 3 rings (SSSR count). The zero-order valence-electron chi connectivity index (χ0n) is 15.3. The molecule has 1 N–H and O–H groups in total. The highest BCUT2D eigenvalue weighted by Crippen LogP contribution is 2.40. The molecule has 2 aromatic carbocycles. The lowest BCUT2D eigenvalue weighted by Crippen LogP contribution is -2.14. The molecule has 1 heterocycles. The molecule has 5 nitrogen and oxygen atoms in total. The van der Waals surface area contributed by atoms with Crippen LogP contribution in [0.2, 0.25) is 5.02 Å². The number of hydrogen-bond donors (Lipinski definition) is 1. The first-order valence-electron chi connectivity index (χ1n) is 8.30. The van der Waals surface area contributed by atoms with Crippen molar-refractivity contribution in [3.05, 3.63) is 70.6 Å². The Kier molecular flexibility index (Phi) is 5.92. The number of benzene rings is 2. The minimum Gasteiger partial charge on any atom is -0.494 e. The molecule has 0 bridgehead atoms. The third-order valence-corrected chi connectivity index (χ3v) is 6.10. The first-order chi connectivity index (χ1) is 13.7. The first kappa shape index (κ1) is 21.2. The van der Waals surface area contributed by atoms with Gasteiger partial charge >= 0.3 is 0 Å². The van der Waals surface area contributed by atoms with Gasteiger partial charge in [0.2, 0.25) is 0 Å². The van der Waals surface area contributed by atoms with Crippen LogP contribution < -0.4 is 10.1 Å². The molecule has 0 radical (unpaired) electrons. The van der Waals surface area contributed by atoms with Gasteiger partial charge < -0.3 is 10.1 Å². The molecular formula is C19H16ClF3N2O3S. The van der Waals surface area contributed by atoms with Gasteiger partial charge in [0.15, 0.2) is 11.6 Å². The number of halogens is 4. The lowest BCUT2D eigenvalue weighted by Gasteiger charge is -2.14. The standard InChI is InChI=1S/C19H16ClF3N2O3S/c1-24-9-11-10-25(29(26,27)13-5-3-4-12(20)8-13)18(19(11)28-2)16-14(21)6-7-15(22)17(16)23/h3-8,10,24H,9H2,1-2H3. The summed E-state index contributed by atoms with van der Waals surface area (Å²) in [5, 5.41) is 2.98. The summed E-state index contributed by atoms with van der Waals surface area (Å²) in [6.07, 6.45) is 1.17. The summed E-state index contributed by atoms with van der Waals surface area (Å²) in [4.78, 5) is -0.211. The zero-order valence-corrected chi connectivity index (χ0v) is 16.9. The molecule has 0 fully saturated rings. The maximum absolute atomic E-state index is 14.6. The summed E-state index contributed by atoms with van der Waals surface area (Å²) in [5.41, 5.74) is -1.01. The molecule has 0 spiro atoms. The quantitative estimate of drug-likeness (QED) is 0.579. The number of aromatic nitrogens is 1. The fourth-order valence-corrected chi connectivity index (χ4v) is 4.65. The van der Waals surface area contributed by atoms with Gasteiger partial charge in [0, 0.05) is 23.3 Å². The van der Waals surface area contributed by atoms with Gasteiger partial charge in [-0.15, -0.1) is 0 Å². The lowest BCUT2D eigenvalue weighted by molar-refractivity contribution is 0.410. The second-order valence-corrected chi connectivity index (χ2v) is 8.29. The van der Waals surface area contributed by atoms with Crippen LogP contribution in [0.15, 0.2) is 47.5 Å². The van der Waals surface area contributed by atoms with Crippen LogP contribution in [-0.2, 0) is 16.6 Å². The van der Waals surface area contributed by atoms with Crippen molar-refractivity contribution in [2.45, 2.75) is 11.4 Å². The fourth-order valence-electron chi connectivity index (χ4n) is 2.96. The highest BCUT2D eigenvalue weighted by Gasteiger charge is 2.31. The number of methoxy groups -OCH3 is 1. The maximum atomic E-state index is 14.6. The van der Waals surface area contributed by atoms with E-state index in [0.717, 1.165) is 0 Å². The van der Waals surface area contributed by atoms with Gasteiger partial charge in [-0.2, -0.15) is 0 Å². The topological polar surface area (TPSA) is 60.3 Å². The summed E-state index contributed by atoms with van der Waals surface area (Å²) in [6.45, 7) is 0.132. The van der Waals surface area contributed by atoms with Crippen LogP contribution in [-0.4, -0.2) is 26.5 Å². The van der Waals surface area contributed by atoms with E-state index in [2.05, 4.69) is 5.32 Å². The molecule has 10 heteroatoms. The second kappa shape index (κ2) is 8.10. The molecule has 0 saturated heterocycles. The van der Waals surface area contributed by atoms with Gasteiger partial charge in [-0.25, -0.2) is 25.6 Å². The zero-order chi connectivity index (χ0) is 21.3. The van der Waals surface area contributed by atoms with Gasteiger partial charge in [-0.05, 0) is 37.4 Å². The Hall–Kier alpha value is -2.49. The van der Waals surface area contributed by atoms with Crippen LogP contribution in [0.1, 0.15) is 5.56 Å². The molecule has 0 atom stereocenters. The Balaban J connectivity index is 2.42. The molecule has 3 aromatic rings. The van der Waals surface area contributed by atoms with E-state index in [1.54, 1.807) is 7.05 Å². The number of nitrogens with zero attached hydrogens (tertiary/aromatic N) is 1. The van der Waals surface area contributed by atoms with E-state index in [1.165, 1.54) is 37.6 Å². The minimum atomic E-state index is -4.35. The molecule has 0 saturated carbocycles. The Labute approximate surface area is 170 Å². The summed E-state index contributed by atoms with van der Waals surface area (Å²) in [6, 6.07) is 6.72. The van der Waals surface area contributed by atoms with Gasteiger partial charge in [0.25, 0.3) is 10.0 Å². The van der Waals surface area contributed by atoms with Gasteiger partial charge in [0.05, 0.1) is 17.6 Å². The van der Waals surface area contributed by atoms with E-state index >= 15 is 0 Å². The van der Waals surface area contributed by atoms with Crippen LogP contribution in [0.3, 0.4) is 0 Å². The van der Waals surface area contributed by atoms with Crippen molar-refractivity contribution >= 4 is 21.6 Å². The van der Waals surface area contributed by atoms with Gasteiger partial charge in [-0.1, -0.05) is 17.7 Å². The molecule has 0 aliphatic carbocycles. The molecular weight excluding hydrogens is 429 g/mol. The summed E-state index contributed by atoms with van der Waals surface area (Å²) >= 11 is 5.90. The Bertz CT molecular complexity index is 1180. The third-order valence-electron chi connectivity index (χ3n) is 4.21. The molecule has 0 aliphatic rings. The van der Waals surface area contributed by atoms with Gasteiger partial charge in [0.1, 0.15) is 17.3 Å². The Morgan fingerprint density at radius 2 is 1.83 bits per heavy atom. The number of nitrogens with one attached hydrogen (secondary N) is 1. The van der Waals surface area contributed by atoms with Crippen molar-refractivity contribution in [3.8, 4) is 17.0 Å². The van der Waals surface area contributed by atoms with E-state index in [9.17, 15) is 21.6 Å². The molecule has 29 heavy (non-hydrogen) atoms. The van der Waals surface area contributed by atoms with Crippen LogP contribution >= 0.6 is 11.6 Å². The van der Waals surface area contributed by atoms with Crippen LogP contribution in [0.25, 0.3) is 11.3 Å². The fraction of sp³-hybridized carbons (Fsp3) is 0.158. The maximum Gasteiger partial charge on any atom is 0.268 e. The predicted octanol–water partition coefficient (Wildman–Crippen LogP) is 4.19. The molecule has 1 aromatic heterocycles. The Morgan fingerprint density at radius 1 is 1.14 bits per heavy atom. The lowest BCUT2D eigenvalue weighted by atomic mass is 10.1. The smallest absolute Gasteiger partial charge is 0.268 e. The van der Waals surface area contributed by atoms with Crippen molar-refractivity contribution in [3.63, 3.8) is 0 Å². The molecule has 0 unspecified atom stereocenters. The van der Waals surface area contributed by atoms with E-state index in [4.69, 9.17) is 16.3 Å². The normalized spacial score (nSPS) is 11.7. The van der Waals surface area contributed by atoms with Crippen LogP contribution in [0, 0.1) is 17.5 Å². The number of hydrogen-bond acceptors (Lipinski definition) is 4. The number of rotatable bonds is 6. The summed E-state index contributed by atoms with van der Waals surface area (Å²) in [7, 11) is -1.52. The monoisotopic (exact) mass is 444 g/mol. The second-order valence-electron chi connectivity index (χ2n) is 6.04. The minimum absolute atomic E-state index is 0.103. The molecule has 154 valence electrons. The number of ether oxygens (including phenoxy) is 1. The van der Waals surface area contributed by atoms with E-state index < -0.39 is 38.7 Å². The van der Waals surface area contributed by atoms with Crippen LogP contribution in [0.4, 0.5) is 13.2 Å². The SMILES string of the molecule is CNCc1cn(S(=O)(=O)c2cccc(Cl)c2)c(-c2c(F)ccc(F)c2F)c1OC. The van der Waals surface area contributed by atoms with E-state index in [0.29, 0.717) is 21.7 Å². The average molecular weight is 445 g/mol. The van der Waals surface area contributed by atoms with Crippen molar-refractivity contribution in [2.75, 3.05) is 14.2 Å². The molecule has 0 amide bonds. The first-order valence-corrected chi connectivity index (χ1v) is 10.1. The van der Waals surface area contributed by atoms with Crippen molar-refractivity contribution in [1.82, 2.24) is 9.29 Å². The summed E-state index contributed by atoms with van der Waals surface area (Å²) in [5.74, 6) is -4.10. The summed E-state index contributed by atoms with van der Waals surface area (Å²) < 4.78 is 75.5. The average Bonchev–Trinajstić information content (AvgIpc) is 3.04. The van der Waals surface area contributed by atoms with Crippen molar-refractivity contribution < 1.29 is 26.3 Å². The van der Waals surface area contributed by atoms with Gasteiger partial charge in [-0.3, -0.25) is 0 Å².